The first-order valence-electron chi connectivity index (χ1n) is 7.16. The van der Waals surface area contributed by atoms with Crippen LogP contribution in [-0.4, -0.2) is 33.5 Å². The van der Waals surface area contributed by atoms with Crippen molar-refractivity contribution in [2.24, 2.45) is 5.92 Å². The average molecular weight is 260 g/mol. The minimum atomic E-state index is -0.909. The molecule has 2 heterocycles. The fraction of sp³-hybridized carbons (Fsp3) is 0.600. The highest BCUT2D eigenvalue weighted by Crippen LogP contribution is 2.37. The number of hydrogen-bond donors (Lipinski definition) is 1. The molecule has 1 aromatic rings. The van der Waals surface area contributed by atoms with Gasteiger partial charge in [0.25, 0.3) is 0 Å². The van der Waals surface area contributed by atoms with Gasteiger partial charge in [0, 0.05) is 18.8 Å². The Labute approximate surface area is 113 Å². The number of aromatic carboxylic acids is 1. The van der Waals surface area contributed by atoms with E-state index in [1.165, 1.54) is 38.3 Å². The third-order valence-electron chi connectivity index (χ3n) is 4.54. The normalized spacial score (nSPS) is 27.2. The number of pyridine rings is 1. The van der Waals surface area contributed by atoms with Gasteiger partial charge in [-0.2, -0.15) is 0 Å². The summed E-state index contributed by atoms with van der Waals surface area (Å²) in [6.45, 7) is 2.02. The van der Waals surface area contributed by atoms with Crippen molar-refractivity contribution in [3.63, 3.8) is 0 Å². The van der Waals surface area contributed by atoms with Crippen molar-refractivity contribution in [2.75, 3.05) is 6.54 Å². The summed E-state index contributed by atoms with van der Waals surface area (Å²) in [6.07, 6.45) is 8.19. The Hall–Kier alpha value is -1.42. The Morgan fingerprint density at radius 1 is 1.32 bits per heavy atom. The summed E-state index contributed by atoms with van der Waals surface area (Å²) in [7, 11) is 0. The largest absolute Gasteiger partial charge is 0.478 e. The first kappa shape index (κ1) is 12.6. The van der Waals surface area contributed by atoms with Crippen LogP contribution in [0.4, 0.5) is 0 Å². The zero-order chi connectivity index (χ0) is 13.2. The summed E-state index contributed by atoms with van der Waals surface area (Å²) in [5.41, 5.74) is 1.25. The van der Waals surface area contributed by atoms with Gasteiger partial charge in [-0.1, -0.05) is 6.42 Å². The zero-order valence-corrected chi connectivity index (χ0v) is 11.1. The van der Waals surface area contributed by atoms with Crippen molar-refractivity contribution in [3.05, 3.63) is 29.6 Å². The van der Waals surface area contributed by atoms with E-state index in [2.05, 4.69) is 9.88 Å². The average Bonchev–Trinajstić information content (AvgIpc) is 2.89. The Morgan fingerprint density at radius 2 is 2.16 bits per heavy atom. The maximum Gasteiger partial charge on any atom is 0.337 e. The van der Waals surface area contributed by atoms with Crippen LogP contribution in [0.1, 0.15) is 48.2 Å². The van der Waals surface area contributed by atoms with Crippen LogP contribution in [0.15, 0.2) is 18.3 Å². The number of nitrogens with zero attached hydrogens (tertiary/aromatic N) is 2. The van der Waals surface area contributed by atoms with E-state index in [-0.39, 0.29) is 5.56 Å². The van der Waals surface area contributed by atoms with Crippen LogP contribution in [0.2, 0.25) is 0 Å². The molecule has 1 N–H and O–H groups in total. The van der Waals surface area contributed by atoms with Gasteiger partial charge in [0.15, 0.2) is 0 Å². The van der Waals surface area contributed by atoms with E-state index in [4.69, 9.17) is 5.11 Å². The number of carboxylic acid groups (broad SMARTS) is 1. The predicted molar refractivity (Wildman–Crippen MR) is 72.0 cm³/mol. The minimum Gasteiger partial charge on any atom is -0.478 e. The van der Waals surface area contributed by atoms with Gasteiger partial charge >= 0.3 is 5.97 Å². The van der Waals surface area contributed by atoms with Crippen molar-refractivity contribution in [2.45, 2.75) is 44.7 Å². The summed E-state index contributed by atoms with van der Waals surface area (Å²) < 4.78 is 0. The van der Waals surface area contributed by atoms with Gasteiger partial charge in [-0.3, -0.25) is 9.88 Å². The van der Waals surface area contributed by atoms with E-state index in [0.717, 1.165) is 30.7 Å². The molecule has 0 aromatic carbocycles. The molecule has 2 fully saturated rings. The molecule has 1 saturated carbocycles. The summed E-state index contributed by atoms with van der Waals surface area (Å²) >= 11 is 0. The molecule has 2 atom stereocenters. The van der Waals surface area contributed by atoms with E-state index in [1.807, 2.05) is 6.07 Å². The fourth-order valence-electron chi connectivity index (χ4n) is 3.61. The molecular formula is C15H20N2O2. The number of likely N-dealkylation sites (tertiary alicyclic amines) is 1. The molecule has 1 aromatic heterocycles. The minimum absolute atomic E-state index is 0.265. The van der Waals surface area contributed by atoms with Crippen LogP contribution < -0.4 is 0 Å². The van der Waals surface area contributed by atoms with Gasteiger partial charge in [-0.25, -0.2) is 4.79 Å². The van der Waals surface area contributed by atoms with Crippen LogP contribution in [0.25, 0.3) is 0 Å². The highest BCUT2D eigenvalue weighted by molar-refractivity contribution is 5.87. The first-order valence-corrected chi connectivity index (χ1v) is 7.16. The van der Waals surface area contributed by atoms with E-state index >= 15 is 0 Å². The molecule has 1 aliphatic carbocycles. The second-order valence-electron chi connectivity index (χ2n) is 5.71. The lowest BCUT2D eigenvalue weighted by atomic mass is 9.92. The van der Waals surface area contributed by atoms with Crippen LogP contribution in [-0.2, 0) is 6.54 Å². The number of carboxylic acids is 1. The van der Waals surface area contributed by atoms with Crippen molar-refractivity contribution >= 4 is 5.97 Å². The number of piperidine rings is 1. The van der Waals surface area contributed by atoms with Crippen molar-refractivity contribution < 1.29 is 9.90 Å². The molecule has 1 aliphatic heterocycles. The second-order valence-corrected chi connectivity index (χ2v) is 5.71. The molecule has 1 saturated heterocycles. The highest BCUT2D eigenvalue weighted by Gasteiger charge is 2.34. The summed E-state index contributed by atoms with van der Waals surface area (Å²) in [5.74, 6) is -0.0278. The standard InChI is InChI=1S/C15H20N2O2/c18-15(19)12-6-7-13(16-9-12)10-17-8-2-4-11-3-1-5-14(11)17/h6-7,9,11,14H,1-5,8,10H2,(H,18,19). The van der Waals surface area contributed by atoms with Crippen LogP contribution in [0.3, 0.4) is 0 Å². The van der Waals surface area contributed by atoms with Gasteiger partial charge in [-0.05, 0) is 50.3 Å². The molecule has 102 valence electrons. The molecule has 0 radical (unpaired) electrons. The van der Waals surface area contributed by atoms with Crippen LogP contribution >= 0.6 is 0 Å². The summed E-state index contributed by atoms with van der Waals surface area (Å²) in [6, 6.07) is 4.23. The zero-order valence-electron chi connectivity index (χ0n) is 11.1. The van der Waals surface area contributed by atoms with Crippen molar-refractivity contribution in [1.82, 2.24) is 9.88 Å². The molecule has 4 nitrogen and oxygen atoms in total. The number of aromatic nitrogens is 1. The Balaban J connectivity index is 1.68. The fourth-order valence-corrected chi connectivity index (χ4v) is 3.61. The van der Waals surface area contributed by atoms with E-state index in [0.29, 0.717) is 0 Å². The molecule has 2 unspecified atom stereocenters. The van der Waals surface area contributed by atoms with Crippen LogP contribution in [0.5, 0.6) is 0 Å². The Kier molecular flexibility index (Phi) is 3.51. The third kappa shape index (κ3) is 2.63. The van der Waals surface area contributed by atoms with Crippen molar-refractivity contribution in [3.8, 4) is 0 Å². The predicted octanol–water partition coefficient (Wildman–Crippen LogP) is 2.54. The molecule has 19 heavy (non-hydrogen) atoms. The van der Waals surface area contributed by atoms with Gasteiger partial charge in [-0.15, -0.1) is 0 Å². The SMILES string of the molecule is O=C(O)c1ccc(CN2CCCC3CCCC32)nc1. The lowest BCUT2D eigenvalue weighted by molar-refractivity contribution is 0.0696. The molecule has 3 rings (SSSR count). The molecule has 0 spiro atoms. The van der Waals surface area contributed by atoms with Crippen molar-refractivity contribution in [1.29, 1.82) is 0 Å². The topological polar surface area (TPSA) is 53.4 Å². The van der Waals surface area contributed by atoms with Gasteiger partial charge < -0.3 is 5.11 Å². The van der Waals surface area contributed by atoms with Gasteiger partial charge in [0.2, 0.25) is 0 Å². The van der Waals surface area contributed by atoms with E-state index in [1.54, 1.807) is 6.07 Å². The lowest BCUT2D eigenvalue weighted by Gasteiger charge is -2.37. The number of hydrogen-bond acceptors (Lipinski definition) is 3. The molecule has 0 amide bonds. The summed E-state index contributed by atoms with van der Waals surface area (Å²) in [4.78, 5) is 17.6. The monoisotopic (exact) mass is 260 g/mol. The van der Waals surface area contributed by atoms with Gasteiger partial charge in [0.1, 0.15) is 0 Å². The Bertz CT molecular complexity index is 458. The molecule has 2 aliphatic rings. The second kappa shape index (κ2) is 5.29. The molecular weight excluding hydrogens is 240 g/mol. The van der Waals surface area contributed by atoms with E-state index < -0.39 is 5.97 Å². The quantitative estimate of drug-likeness (QED) is 0.907. The maximum absolute atomic E-state index is 10.8. The number of rotatable bonds is 3. The number of fused-ring (bicyclic) bond motifs is 1. The third-order valence-corrected chi connectivity index (χ3v) is 4.54. The summed E-state index contributed by atoms with van der Waals surface area (Å²) in [5, 5.41) is 8.87. The van der Waals surface area contributed by atoms with Crippen LogP contribution in [0, 0.1) is 5.92 Å². The van der Waals surface area contributed by atoms with E-state index in [9.17, 15) is 4.79 Å². The molecule has 0 bridgehead atoms. The first-order chi connectivity index (χ1) is 9.24. The maximum atomic E-state index is 10.8. The Morgan fingerprint density at radius 3 is 2.89 bits per heavy atom. The lowest BCUT2D eigenvalue weighted by Crippen LogP contribution is -2.42. The number of carbonyl (C=O) groups is 1. The highest BCUT2D eigenvalue weighted by atomic mass is 16.4. The molecule has 4 heteroatoms. The smallest absolute Gasteiger partial charge is 0.337 e. The van der Waals surface area contributed by atoms with Gasteiger partial charge in [0.05, 0.1) is 11.3 Å².